The summed E-state index contributed by atoms with van der Waals surface area (Å²) < 4.78 is 22.1. The number of ether oxygens (including phenoxy) is 4. The molecular weight excluding hydrogens is 540 g/mol. The zero-order valence-electron chi connectivity index (χ0n) is 26.2. The Morgan fingerprint density at radius 2 is 1.38 bits per heavy atom. The summed E-state index contributed by atoms with van der Waals surface area (Å²) >= 11 is 0. The molecule has 6 unspecified atom stereocenters. The molecule has 0 saturated carbocycles. The molecule has 9 heteroatoms. The van der Waals surface area contributed by atoms with Crippen LogP contribution in [0.2, 0.25) is 0 Å². The number of unbranched alkanes of at least 4 members (excludes halogenated alkanes) is 11. The van der Waals surface area contributed by atoms with Crippen molar-refractivity contribution in [3.05, 3.63) is 24.3 Å². The number of allylic oxidation sites excluding steroid dienone is 4. The summed E-state index contributed by atoms with van der Waals surface area (Å²) in [7, 11) is 0. The van der Waals surface area contributed by atoms with Crippen molar-refractivity contribution in [2.45, 2.75) is 153 Å². The summed E-state index contributed by atoms with van der Waals surface area (Å²) in [6.07, 6.45) is 19.3. The average Bonchev–Trinajstić information content (AvgIpc) is 2.98. The van der Waals surface area contributed by atoms with Crippen LogP contribution in [0.3, 0.4) is 0 Å². The predicted octanol–water partition coefficient (Wildman–Crippen LogP) is 5.13. The van der Waals surface area contributed by atoms with Crippen molar-refractivity contribution in [2.24, 2.45) is 0 Å². The number of carbonyl (C=O) groups is 1. The minimum Gasteiger partial charge on any atom is -0.457 e. The second kappa shape index (κ2) is 26.1. The zero-order valence-corrected chi connectivity index (χ0v) is 26.2. The highest BCUT2D eigenvalue weighted by atomic mass is 16.7. The minimum absolute atomic E-state index is 0.121. The molecule has 4 N–H and O–H groups in total. The Balaban J connectivity index is 2.13. The molecule has 9 nitrogen and oxygen atoms in total. The van der Waals surface area contributed by atoms with Gasteiger partial charge < -0.3 is 39.4 Å². The lowest BCUT2D eigenvalue weighted by atomic mass is 9.99. The third-order valence-electron chi connectivity index (χ3n) is 7.34. The molecule has 1 aliphatic heterocycles. The first-order valence-electron chi connectivity index (χ1n) is 16.4. The Labute approximate surface area is 254 Å². The van der Waals surface area contributed by atoms with E-state index in [-0.39, 0.29) is 25.6 Å². The van der Waals surface area contributed by atoms with Gasteiger partial charge in [-0.2, -0.15) is 0 Å². The van der Waals surface area contributed by atoms with Gasteiger partial charge in [0.1, 0.15) is 30.5 Å². The first-order chi connectivity index (χ1) is 20.4. The molecule has 0 bridgehead atoms. The van der Waals surface area contributed by atoms with E-state index in [1.807, 2.05) is 6.92 Å². The molecular formula is C33H60O9. The molecule has 42 heavy (non-hydrogen) atoms. The summed E-state index contributed by atoms with van der Waals surface area (Å²) in [5.74, 6) is -0.371. The number of carbonyl (C=O) groups excluding carboxylic acids is 1. The molecule has 0 spiro atoms. The first-order valence-corrected chi connectivity index (χ1v) is 16.4. The van der Waals surface area contributed by atoms with Gasteiger partial charge in [0, 0.05) is 13.0 Å². The molecule has 0 aromatic carbocycles. The third kappa shape index (κ3) is 18.4. The minimum atomic E-state index is -1.53. The fourth-order valence-electron chi connectivity index (χ4n) is 4.73. The number of aliphatic hydroxyl groups is 4. The monoisotopic (exact) mass is 600 g/mol. The molecule has 1 saturated heterocycles. The number of rotatable bonds is 26. The van der Waals surface area contributed by atoms with Crippen LogP contribution in [0.25, 0.3) is 0 Å². The summed E-state index contributed by atoms with van der Waals surface area (Å²) in [4.78, 5) is 12.0. The summed E-state index contributed by atoms with van der Waals surface area (Å²) in [6, 6.07) is 0. The number of esters is 1. The number of hydrogen-bond donors (Lipinski definition) is 4. The zero-order chi connectivity index (χ0) is 30.8. The predicted molar refractivity (Wildman–Crippen MR) is 164 cm³/mol. The highest BCUT2D eigenvalue weighted by Gasteiger charge is 2.44. The molecule has 1 aliphatic rings. The van der Waals surface area contributed by atoms with Crippen molar-refractivity contribution >= 4 is 5.97 Å². The van der Waals surface area contributed by atoms with Crippen LogP contribution in [0.1, 0.15) is 117 Å². The van der Waals surface area contributed by atoms with E-state index in [4.69, 9.17) is 18.9 Å². The van der Waals surface area contributed by atoms with E-state index in [2.05, 4.69) is 31.2 Å². The van der Waals surface area contributed by atoms with Gasteiger partial charge >= 0.3 is 5.97 Å². The lowest BCUT2D eigenvalue weighted by Gasteiger charge is -2.39. The van der Waals surface area contributed by atoms with Gasteiger partial charge in [0.15, 0.2) is 6.29 Å². The highest BCUT2D eigenvalue weighted by Crippen LogP contribution is 2.22. The van der Waals surface area contributed by atoms with Crippen LogP contribution < -0.4 is 0 Å². The Morgan fingerprint density at radius 3 is 2.00 bits per heavy atom. The lowest BCUT2D eigenvalue weighted by Crippen LogP contribution is -2.59. The molecule has 0 amide bonds. The lowest BCUT2D eigenvalue weighted by molar-refractivity contribution is -0.305. The van der Waals surface area contributed by atoms with Crippen molar-refractivity contribution in [1.29, 1.82) is 0 Å². The van der Waals surface area contributed by atoms with Crippen LogP contribution in [0.5, 0.6) is 0 Å². The smallest absolute Gasteiger partial charge is 0.306 e. The maximum absolute atomic E-state index is 12.0. The van der Waals surface area contributed by atoms with Crippen molar-refractivity contribution in [3.63, 3.8) is 0 Å². The van der Waals surface area contributed by atoms with Gasteiger partial charge in [-0.1, -0.05) is 89.5 Å². The fraction of sp³-hybridized carbons (Fsp3) is 0.848. The molecule has 1 rings (SSSR count). The SMILES string of the molecule is CCCCC/C=C\C/C=C\CCCCCCCCCCOCC(COC1OC(CO)C(O)C(O)C1O)OC(=O)CCC. The van der Waals surface area contributed by atoms with E-state index in [0.29, 0.717) is 13.0 Å². The highest BCUT2D eigenvalue weighted by molar-refractivity contribution is 5.69. The maximum atomic E-state index is 12.0. The molecule has 0 aromatic rings. The Morgan fingerprint density at radius 1 is 0.762 bits per heavy atom. The van der Waals surface area contributed by atoms with Gasteiger partial charge in [0.05, 0.1) is 19.8 Å². The van der Waals surface area contributed by atoms with Crippen molar-refractivity contribution < 1.29 is 44.2 Å². The first kappa shape index (κ1) is 38.7. The fourth-order valence-corrected chi connectivity index (χ4v) is 4.73. The van der Waals surface area contributed by atoms with Crippen LogP contribution in [0, 0.1) is 0 Å². The van der Waals surface area contributed by atoms with Gasteiger partial charge in [-0.05, 0) is 44.9 Å². The Hall–Kier alpha value is -1.33. The van der Waals surface area contributed by atoms with Gasteiger partial charge in [-0.25, -0.2) is 0 Å². The van der Waals surface area contributed by atoms with Crippen molar-refractivity contribution in [2.75, 3.05) is 26.4 Å². The second-order valence-electron chi connectivity index (χ2n) is 11.3. The van der Waals surface area contributed by atoms with Crippen LogP contribution in [-0.2, 0) is 23.7 Å². The quantitative estimate of drug-likeness (QED) is 0.0606. The van der Waals surface area contributed by atoms with Crippen LogP contribution in [0.4, 0.5) is 0 Å². The standard InChI is InChI=1S/C33H60O9/c1-3-5-6-7-8-9-10-11-12-13-14-15-16-17-18-19-20-21-23-39-25-27(41-29(35)22-4-2)26-40-33-32(38)31(37)30(36)28(24-34)42-33/h8-9,11-12,27-28,30-34,36-38H,3-7,10,13-26H2,1-2H3/b9-8-,12-11-. The molecule has 6 atom stereocenters. The molecule has 246 valence electrons. The van der Waals surface area contributed by atoms with Crippen molar-refractivity contribution in [3.8, 4) is 0 Å². The van der Waals surface area contributed by atoms with Crippen molar-refractivity contribution in [1.82, 2.24) is 0 Å². The molecule has 1 heterocycles. The molecule has 0 aliphatic carbocycles. The van der Waals surface area contributed by atoms with Gasteiger partial charge in [0.25, 0.3) is 0 Å². The largest absolute Gasteiger partial charge is 0.457 e. The van der Waals surface area contributed by atoms with E-state index in [1.54, 1.807) is 0 Å². The third-order valence-corrected chi connectivity index (χ3v) is 7.34. The number of aliphatic hydroxyl groups excluding tert-OH is 4. The second-order valence-corrected chi connectivity index (χ2v) is 11.3. The van der Waals surface area contributed by atoms with E-state index < -0.39 is 43.4 Å². The normalized spacial score (nSPS) is 23.6. The van der Waals surface area contributed by atoms with Crippen LogP contribution in [0.15, 0.2) is 24.3 Å². The summed E-state index contributed by atoms with van der Waals surface area (Å²) in [5, 5.41) is 39.4. The average molecular weight is 601 g/mol. The van der Waals surface area contributed by atoms with E-state index >= 15 is 0 Å². The number of hydrogen-bond acceptors (Lipinski definition) is 9. The maximum Gasteiger partial charge on any atom is 0.306 e. The van der Waals surface area contributed by atoms with Gasteiger partial charge in [-0.3, -0.25) is 4.79 Å². The molecule has 0 aromatic heterocycles. The summed E-state index contributed by atoms with van der Waals surface area (Å²) in [5.41, 5.74) is 0. The Bertz CT molecular complexity index is 697. The van der Waals surface area contributed by atoms with Gasteiger partial charge in [0.2, 0.25) is 0 Å². The Kier molecular flexibility index (Phi) is 24.1. The van der Waals surface area contributed by atoms with Crippen LogP contribution >= 0.6 is 0 Å². The van der Waals surface area contributed by atoms with Crippen LogP contribution in [-0.4, -0.2) is 89.6 Å². The topological polar surface area (TPSA) is 135 Å². The molecule has 0 radical (unpaired) electrons. The summed E-state index contributed by atoms with van der Waals surface area (Å²) in [6.45, 7) is 4.13. The van der Waals surface area contributed by atoms with E-state index in [0.717, 1.165) is 19.3 Å². The van der Waals surface area contributed by atoms with Gasteiger partial charge in [-0.15, -0.1) is 0 Å². The van der Waals surface area contributed by atoms with E-state index in [9.17, 15) is 25.2 Å². The van der Waals surface area contributed by atoms with E-state index in [1.165, 1.54) is 70.6 Å². The molecule has 1 fully saturated rings.